The summed E-state index contributed by atoms with van der Waals surface area (Å²) in [5.74, 6) is -2.25. The first kappa shape index (κ1) is 15.8. The number of amides is 2. The minimum atomic E-state index is -0.923. The van der Waals surface area contributed by atoms with Crippen molar-refractivity contribution < 1.29 is 14.0 Å². The lowest BCUT2D eigenvalue weighted by Crippen LogP contribution is -2.32. The SMILES string of the molecule is O=C(N/N=C/c1ccccc1Br)C(=O)Nc1ccc(F)cc1. The molecule has 112 valence electrons. The Morgan fingerprint density at radius 1 is 1.05 bits per heavy atom. The number of halogens is 2. The summed E-state index contributed by atoms with van der Waals surface area (Å²) in [7, 11) is 0. The normalized spacial score (nSPS) is 10.5. The van der Waals surface area contributed by atoms with Gasteiger partial charge in [0, 0.05) is 15.7 Å². The predicted molar refractivity (Wildman–Crippen MR) is 84.9 cm³/mol. The zero-order valence-electron chi connectivity index (χ0n) is 11.2. The molecule has 0 saturated carbocycles. The molecule has 2 amide bonds. The third-order valence-electron chi connectivity index (χ3n) is 2.58. The van der Waals surface area contributed by atoms with Crippen molar-refractivity contribution >= 4 is 39.6 Å². The molecule has 22 heavy (non-hydrogen) atoms. The van der Waals surface area contributed by atoms with Crippen LogP contribution in [0, 0.1) is 5.82 Å². The van der Waals surface area contributed by atoms with Gasteiger partial charge in [0.2, 0.25) is 0 Å². The lowest BCUT2D eigenvalue weighted by Gasteiger charge is -2.03. The lowest BCUT2D eigenvalue weighted by atomic mass is 10.2. The van der Waals surface area contributed by atoms with E-state index in [2.05, 4.69) is 31.8 Å². The zero-order valence-corrected chi connectivity index (χ0v) is 12.8. The van der Waals surface area contributed by atoms with Crippen molar-refractivity contribution in [2.45, 2.75) is 0 Å². The molecule has 5 nitrogen and oxygen atoms in total. The van der Waals surface area contributed by atoms with Gasteiger partial charge in [-0.15, -0.1) is 0 Å². The van der Waals surface area contributed by atoms with Gasteiger partial charge >= 0.3 is 11.8 Å². The van der Waals surface area contributed by atoms with Gasteiger partial charge in [0.25, 0.3) is 0 Å². The molecule has 0 bridgehead atoms. The molecule has 0 saturated heterocycles. The molecular weight excluding hydrogens is 353 g/mol. The van der Waals surface area contributed by atoms with E-state index in [4.69, 9.17) is 0 Å². The number of nitrogens with one attached hydrogen (secondary N) is 2. The average molecular weight is 364 g/mol. The summed E-state index contributed by atoms with van der Waals surface area (Å²) in [5.41, 5.74) is 3.18. The Morgan fingerprint density at radius 3 is 2.41 bits per heavy atom. The van der Waals surface area contributed by atoms with Crippen LogP contribution >= 0.6 is 15.9 Å². The van der Waals surface area contributed by atoms with Crippen LogP contribution in [0.4, 0.5) is 10.1 Å². The van der Waals surface area contributed by atoms with Crippen LogP contribution in [-0.2, 0) is 9.59 Å². The molecule has 0 fully saturated rings. The highest BCUT2D eigenvalue weighted by Gasteiger charge is 2.12. The number of hydrogen-bond acceptors (Lipinski definition) is 3. The maximum atomic E-state index is 12.7. The van der Waals surface area contributed by atoms with E-state index in [1.807, 2.05) is 18.2 Å². The number of anilines is 1. The molecule has 0 unspecified atom stereocenters. The summed E-state index contributed by atoms with van der Waals surface area (Å²) in [5, 5.41) is 6.03. The summed E-state index contributed by atoms with van der Waals surface area (Å²) >= 11 is 3.33. The van der Waals surface area contributed by atoms with Crippen LogP contribution in [0.3, 0.4) is 0 Å². The summed E-state index contributed by atoms with van der Waals surface area (Å²) < 4.78 is 13.5. The highest BCUT2D eigenvalue weighted by Crippen LogP contribution is 2.13. The summed E-state index contributed by atoms with van der Waals surface area (Å²) in [6, 6.07) is 12.3. The van der Waals surface area contributed by atoms with E-state index in [9.17, 15) is 14.0 Å². The van der Waals surface area contributed by atoms with E-state index >= 15 is 0 Å². The van der Waals surface area contributed by atoms with Crippen LogP contribution in [0.25, 0.3) is 0 Å². The van der Waals surface area contributed by atoms with Crippen molar-refractivity contribution in [3.63, 3.8) is 0 Å². The highest BCUT2D eigenvalue weighted by atomic mass is 79.9. The van der Waals surface area contributed by atoms with E-state index in [-0.39, 0.29) is 0 Å². The molecule has 0 aromatic heterocycles. The fourth-order valence-corrected chi connectivity index (χ4v) is 1.90. The topological polar surface area (TPSA) is 70.6 Å². The number of carbonyl (C=O) groups excluding carboxylic acids is 2. The molecule has 7 heteroatoms. The Morgan fingerprint density at radius 2 is 1.73 bits per heavy atom. The standard InChI is InChI=1S/C15H11BrFN3O2/c16-13-4-2-1-3-10(13)9-18-20-15(22)14(21)19-12-7-5-11(17)6-8-12/h1-9H,(H,19,21)(H,20,22)/b18-9+. The van der Waals surface area contributed by atoms with Crippen LogP contribution in [0.1, 0.15) is 5.56 Å². The second-order valence-corrected chi connectivity index (χ2v) is 5.04. The van der Waals surface area contributed by atoms with Gasteiger partial charge in [0.05, 0.1) is 6.21 Å². The predicted octanol–water partition coefficient (Wildman–Crippen LogP) is 2.68. The second kappa shape index (κ2) is 7.46. The minimum absolute atomic E-state index is 0.316. The number of hydrazone groups is 1. The summed E-state index contributed by atoms with van der Waals surface area (Å²) in [6.45, 7) is 0. The van der Waals surface area contributed by atoms with Gasteiger partial charge in [-0.25, -0.2) is 9.82 Å². The molecule has 0 aliphatic heterocycles. The first-order valence-corrected chi connectivity index (χ1v) is 7.00. The number of benzene rings is 2. The number of nitrogens with zero attached hydrogens (tertiary/aromatic N) is 1. The van der Waals surface area contributed by atoms with Crippen molar-refractivity contribution in [3.8, 4) is 0 Å². The Labute approximate surface area is 134 Å². The Balaban J connectivity index is 1.90. The monoisotopic (exact) mass is 363 g/mol. The van der Waals surface area contributed by atoms with Crippen molar-refractivity contribution in [2.24, 2.45) is 5.10 Å². The fourth-order valence-electron chi connectivity index (χ4n) is 1.51. The van der Waals surface area contributed by atoms with Crippen molar-refractivity contribution in [3.05, 3.63) is 64.4 Å². The van der Waals surface area contributed by atoms with E-state index in [1.54, 1.807) is 6.07 Å². The smallest absolute Gasteiger partial charge is 0.318 e. The van der Waals surface area contributed by atoms with E-state index in [0.29, 0.717) is 5.69 Å². The fraction of sp³-hybridized carbons (Fsp3) is 0. The summed E-state index contributed by atoms with van der Waals surface area (Å²) in [4.78, 5) is 23.2. The lowest BCUT2D eigenvalue weighted by molar-refractivity contribution is -0.136. The minimum Gasteiger partial charge on any atom is -0.318 e. The molecule has 0 atom stereocenters. The number of hydrogen-bond donors (Lipinski definition) is 2. The van der Waals surface area contributed by atoms with Crippen LogP contribution in [0.2, 0.25) is 0 Å². The average Bonchev–Trinajstić information content (AvgIpc) is 2.51. The first-order chi connectivity index (χ1) is 10.6. The molecule has 2 N–H and O–H groups in total. The van der Waals surface area contributed by atoms with Crippen LogP contribution in [0.5, 0.6) is 0 Å². The maximum absolute atomic E-state index is 12.7. The first-order valence-electron chi connectivity index (χ1n) is 6.21. The van der Waals surface area contributed by atoms with Crippen molar-refractivity contribution in [1.29, 1.82) is 0 Å². The van der Waals surface area contributed by atoms with Gasteiger partial charge < -0.3 is 5.32 Å². The van der Waals surface area contributed by atoms with Gasteiger partial charge in [-0.1, -0.05) is 34.1 Å². The molecule has 0 radical (unpaired) electrons. The van der Waals surface area contributed by atoms with Gasteiger partial charge in [0.1, 0.15) is 5.82 Å². The van der Waals surface area contributed by atoms with E-state index in [0.717, 1.165) is 10.0 Å². The Hall–Kier alpha value is -2.54. The molecule has 2 aromatic carbocycles. The molecule has 0 aliphatic carbocycles. The van der Waals surface area contributed by atoms with Crippen LogP contribution in [-0.4, -0.2) is 18.0 Å². The van der Waals surface area contributed by atoms with Gasteiger partial charge in [-0.2, -0.15) is 5.10 Å². The molecule has 2 aromatic rings. The zero-order chi connectivity index (χ0) is 15.9. The molecule has 0 spiro atoms. The number of rotatable bonds is 3. The maximum Gasteiger partial charge on any atom is 0.329 e. The largest absolute Gasteiger partial charge is 0.329 e. The van der Waals surface area contributed by atoms with Gasteiger partial charge in [-0.3, -0.25) is 9.59 Å². The van der Waals surface area contributed by atoms with Crippen LogP contribution < -0.4 is 10.7 Å². The van der Waals surface area contributed by atoms with Crippen molar-refractivity contribution in [1.82, 2.24) is 5.43 Å². The van der Waals surface area contributed by atoms with Crippen molar-refractivity contribution in [2.75, 3.05) is 5.32 Å². The van der Waals surface area contributed by atoms with Crippen LogP contribution in [0.15, 0.2) is 58.1 Å². The molecule has 0 aliphatic rings. The molecule has 2 rings (SSSR count). The Kier molecular flexibility index (Phi) is 5.37. The van der Waals surface area contributed by atoms with Gasteiger partial charge in [-0.05, 0) is 30.3 Å². The Bertz CT molecular complexity index is 717. The summed E-state index contributed by atoms with van der Waals surface area (Å²) in [6.07, 6.45) is 1.41. The molecule has 0 heterocycles. The quantitative estimate of drug-likeness (QED) is 0.500. The highest BCUT2D eigenvalue weighted by molar-refractivity contribution is 9.10. The third-order valence-corrected chi connectivity index (χ3v) is 3.31. The number of carbonyl (C=O) groups is 2. The second-order valence-electron chi connectivity index (χ2n) is 4.18. The van der Waals surface area contributed by atoms with E-state index < -0.39 is 17.6 Å². The van der Waals surface area contributed by atoms with Gasteiger partial charge in [0.15, 0.2) is 0 Å². The third kappa shape index (κ3) is 4.49. The van der Waals surface area contributed by atoms with E-state index in [1.165, 1.54) is 30.5 Å². The molecular formula is C15H11BrFN3O2.